The second-order valence-electron chi connectivity index (χ2n) is 24.7. The average molecular weight is 1070 g/mol. The second-order valence-corrected chi connectivity index (χ2v) is 24.7. The third-order valence-electron chi connectivity index (χ3n) is 18.4. The van der Waals surface area contributed by atoms with Gasteiger partial charge in [0.15, 0.2) is 11.2 Å². The molecule has 17 rings (SSSR count). The lowest BCUT2D eigenvalue weighted by Gasteiger charge is -2.30. The molecule has 398 valence electrons. The SMILES string of the molecule is CC(C)(C)c1ccc(N(c2cc3c(c4c2oc2ccccc24)-c2c(cc(-c4ccccc4)c4c2oc2ccccc24)C3(C)C)c2cc3c(c4c2oc2ccccc24)-c2c(cc(-c4ccccc4)c4c2oc2ccccc24)C3(C)C)cc1.[2H][2H].[2H][2H].[2H][2H].[2H][2H].[2H][2H]. The molecule has 0 atom stereocenters. The fraction of sp³-hybridized carbons (Fsp3) is 0.132. The number of nitrogens with zero attached hydrogens (tertiary/aromatic N) is 1. The molecule has 81 heavy (non-hydrogen) atoms. The Morgan fingerprint density at radius 1 is 0.358 bits per heavy atom. The number of rotatable bonds is 5. The molecule has 0 unspecified atom stereocenters. The zero-order valence-corrected chi connectivity index (χ0v) is 46.2. The van der Waals surface area contributed by atoms with Crippen LogP contribution in [0, 0.1) is 0 Å². The van der Waals surface area contributed by atoms with E-state index >= 15 is 0 Å². The number of hydrogen-bond donors (Lipinski definition) is 0. The summed E-state index contributed by atoms with van der Waals surface area (Å²) in [6.45, 7) is 16.4. The first-order chi connectivity index (χ1) is 44.3. The van der Waals surface area contributed by atoms with Crippen molar-refractivity contribution in [3.05, 3.63) is 234 Å². The van der Waals surface area contributed by atoms with Gasteiger partial charge in [-0.3, -0.25) is 0 Å². The van der Waals surface area contributed by atoms with Gasteiger partial charge in [-0.25, -0.2) is 0 Å². The normalized spacial score (nSPS) is 14.8. The van der Waals surface area contributed by atoms with E-state index in [2.05, 4.69) is 260 Å². The largest absolute Gasteiger partial charge is 0.455 e. The van der Waals surface area contributed by atoms with Crippen LogP contribution in [0.25, 0.3) is 132 Å². The van der Waals surface area contributed by atoms with E-state index in [0.29, 0.717) is 0 Å². The van der Waals surface area contributed by atoms with Crippen LogP contribution in [0.15, 0.2) is 224 Å². The van der Waals surface area contributed by atoms with E-state index in [0.717, 1.165) is 149 Å². The van der Waals surface area contributed by atoms with Crippen LogP contribution >= 0.6 is 0 Å². The summed E-state index contributed by atoms with van der Waals surface area (Å²) < 4.78 is 79.2. The first-order valence-corrected chi connectivity index (χ1v) is 28.3. The van der Waals surface area contributed by atoms with Crippen molar-refractivity contribution in [2.75, 3.05) is 4.90 Å². The van der Waals surface area contributed by atoms with Gasteiger partial charge in [0, 0.05) is 96.7 Å². The summed E-state index contributed by atoms with van der Waals surface area (Å²) in [6.07, 6.45) is 0. The lowest BCUT2D eigenvalue weighted by molar-refractivity contribution is 0.590. The Labute approximate surface area is 483 Å². The minimum atomic E-state index is -0.491. The maximum absolute atomic E-state index is 7.43. The second kappa shape index (κ2) is 16.0. The lowest BCUT2D eigenvalue weighted by atomic mass is 9.80. The maximum atomic E-state index is 7.43. The van der Waals surface area contributed by atoms with Crippen molar-refractivity contribution < 1.29 is 32.5 Å². The highest BCUT2D eigenvalue weighted by molar-refractivity contribution is 6.28. The minimum absolute atomic E-state index is 0.0741. The Morgan fingerprint density at radius 2 is 0.691 bits per heavy atom. The number of para-hydroxylation sites is 4. The van der Waals surface area contributed by atoms with E-state index in [1.54, 1.807) is 0 Å². The van der Waals surface area contributed by atoms with Gasteiger partial charge >= 0.3 is 0 Å². The predicted molar refractivity (Wildman–Crippen MR) is 346 cm³/mol. The number of hydrogen-bond acceptors (Lipinski definition) is 5. The molecule has 0 radical (unpaired) electrons. The molecule has 5 heteroatoms. The van der Waals surface area contributed by atoms with Crippen LogP contribution in [0.3, 0.4) is 0 Å². The number of furan rings is 4. The van der Waals surface area contributed by atoms with Gasteiger partial charge in [0.1, 0.15) is 33.5 Å². The fourth-order valence-corrected chi connectivity index (χ4v) is 14.4. The van der Waals surface area contributed by atoms with Crippen molar-refractivity contribution in [2.24, 2.45) is 0 Å². The third-order valence-corrected chi connectivity index (χ3v) is 18.4. The molecule has 4 aromatic heterocycles. The molecule has 2 aliphatic carbocycles. The molecular weight excluding hydrogens is 991 g/mol. The van der Waals surface area contributed by atoms with E-state index in [4.69, 9.17) is 32.5 Å². The van der Waals surface area contributed by atoms with Crippen LogP contribution < -0.4 is 4.90 Å². The van der Waals surface area contributed by atoms with Crippen LogP contribution in [-0.2, 0) is 16.2 Å². The molecule has 11 aromatic carbocycles. The Morgan fingerprint density at radius 3 is 1.07 bits per heavy atom. The first kappa shape index (κ1) is 41.5. The van der Waals surface area contributed by atoms with E-state index < -0.39 is 10.8 Å². The molecule has 2 aliphatic rings. The Kier molecular flexibility index (Phi) is 8.22. The average Bonchev–Trinajstić information content (AvgIpc) is 1.53. The molecule has 0 fully saturated rings. The van der Waals surface area contributed by atoms with Crippen LogP contribution in [0.1, 0.15) is 91.1 Å². The molecule has 0 bridgehead atoms. The van der Waals surface area contributed by atoms with Gasteiger partial charge in [-0.05, 0) is 116 Å². The number of benzene rings is 11. The maximum Gasteiger partial charge on any atom is 0.160 e. The summed E-state index contributed by atoms with van der Waals surface area (Å²) in [5.41, 5.74) is 23.8. The fourth-order valence-electron chi connectivity index (χ4n) is 14.4. The van der Waals surface area contributed by atoms with Gasteiger partial charge in [-0.15, -0.1) is 0 Å². The summed E-state index contributed by atoms with van der Waals surface area (Å²) in [5, 5.41) is 8.67. The van der Waals surface area contributed by atoms with Crippen LogP contribution in [0.5, 0.6) is 0 Å². The molecule has 0 N–H and O–H groups in total. The quantitative estimate of drug-likeness (QED) is 0.172. The Bertz CT molecular complexity index is 4940. The predicted octanol–water partition coefficient (Wildman–Crippen LogP) is 23.2. The summed E-state index contributed by atoms with van der Waals surface area (Å²) in [7, 11) is 0. The van der Waals surface area contributed by atoms with Gasteiger partial charge < -0.3 is 22.6 Å². The number of anilines is 3. The van der Waals surface area contributed by atoms with Gasteiger partial charge in [-0.1, -0.05) is 194 Å². The zero-order chi connectivity index (χ0) is 64.4. The van der Waals surface area contributed by atoms with Crippen LogP contribution in [-0.4, -0.2) is 0 Å². The van der Waals surface area contributed by atoms with Crippen molar-refractivity contribution in [3.8, 4) is 44.5 Å². The summed E-state index contributed by atoms with van der Waals surface area (Å²) in [4.78, 5) is 2.44. The number of fused-ring (bicyclic) bond motifs is 22. The van der Waals surface area contributed by atoms with Crippen LogP contribution in [0.4, 0.5) is 17.1 Å². The Hall–Kier alpha value is -9.58. The van der Waals surface area contributed by atoms with E-state index in [1.807, 2.05) is 0 Å². The van der Waals surface area contributed by atoms with Crippen molar-refractivity contribution >= 4 is 105 Å². The van der Waals surface area contributed by atoms with Gasteiger partial charge in [-0.2, -0.15) is 0 Å². The molecule has 0 aliphatic heterocycles. The lowest BCUT2D eigenvalue weighted by Crippen LogP contribution is -2.19. The van der Waals surface area contributed by atoms with E-state index in [1.165, 1.54) is 27.8 Å². The van der Waals surface area contributed by atoms with E-state index in [-0.39, 0.29) is 5.41 Å². The summed E-state index contributed by atoms with van der Waals surface area (Å²) in [5.74, 6) is 0. The molecule has 15 aromatic rings. The highest BCUT2D eigenvalue weighted by Crippen LogP contribution is 2.63. The molecule has 0 saturated carbocycles. The molecule has 5 nitrogen and oxygen atoms in total. The molecule has 4 heterocycles. The minimum Gasteiger partial charge on any atom is -0.455 e. The standard InChI is InChI=1S/C76H55NO4.5H2/c1-74(2,3)44-34-36-45(37-35-44)77(56-40-54-66(64-48-28-16-20-32-60(48)78-70(56)64)68-52(75(54,4)5)38-50(42-22-10-8-11-23-42)62-46-26-14-18-30-58(46)80-72(62)68)57-41-55-67(65-49-29-17-21-33-61(49)79-71(57)65)69-53(76(55,6)7)39-51(43-24-12-9-13-25-43)63-47-27-15-19-31-59(47)81-73(63)69;;;;;/h8-41H,1-7H3;5*1H/i;5*1+1D. The highest BCUT2D eigenvalue weighted by Gasteiger charge is 2.45. The van der Waals surface area contributed by atoms with Crippen molar-refractivity contribution in [3.63, 3.8) is 0 Å². The topological polar surface area (TPSA) is 55.8 Å². The first-order valence-electron chi connectivity index (χ1n) is 33.3. The third kappa shape index (κ3) is 6.21. The monoisotopic (exact) mass is 1070 g/mol. The summed E-state index contributed by atoms with van der Waals surface area (Å²) >= 11 is 0. The van der Waals surface area contributed by atoms with E-state index in [9.17, 15) is 0 Å². The highest BCUT2D eigenvalue weighted by atomic mass is 16.3. The van der Waals surface area contributed by atoms with Gasteiger partial charge in [0.25, 0.3) is 0 Å². The molecule has 0 spiro atoms. The van der Waals surface area contributed by atoms with Gasteiger partial charge in [0.2, 0.25) is 0 Å². The molecule has 0 amide bonds. The van der Waals surface area contributed by atoms with Crippen molar-refractivity contribution in [1.82, 2.24) is 0 Å². The smallest absolute Gasteiger partial charge is 0.160 e. The molecular formula is C76H65NO4. The van der Waals surface area contributed by atoms with Gasteiger partial charge in [0.05, 0.1) is 11.4 Å². The van der Waals surface area contributed by atoms with Crippen molar-refractivity contribution in [1.29, 1.82) is 0 Å². The zero-order valence-electron chi connectivity index (χ0n) is 56.2. The molecule has 0 saturated heterocycles. The van der Waals surface area contributed by atoms with Crippen molar-refractivity contribution in [2.45, 2.75) is 64.7 Å². The summed E-state index contributed by atoms with van der Waals surface area (Å²) in [6, 6.07) is 74.6. The Balaban J connectivity index is 0.000000765. The van der Waals surface area contributed by atoms with Crippen LogP contribution in [0.2, 0.25) is 0 Å².